The second kappa shape index (κ2) is 6.46. The molecule has 0 saturated heterocycles. The first-order chi connectivity index (χ1) is 10.1. The SMILES string of the molecule is O=C(O)C1CCCc2sc(NCCc3ccc(Br)s3)nc21. The van der Waals surface area contributed by atoms with Crippen molar-refractivity contribution >= 4 is 49.7 Å². The van der Waals surface area contributed by atoms with Crippen LogP contribution in [0.1, 0.15) is 34.2 Å². The highest BCUT2D eigenvalue weighted by atomic mass is 79.9. The number of hydrogen-bond acceptors (Lipinski definition) is 5. The van der Waals surface area contributed by atoms with Gasteiger partial charge >= 0.3 is 5.97 Å². The predicted octanol–water partition coefficient (Wildman–Crippen LogP) is 4.13. The molecule has 2 aromatic heterocycles. The molecule has 1 aliphatic rings. The van der Waals surface area contributed by atoms with E-state index < -0.39 is 11.9 Å². The standard InChI is InChI=1S/C14H15BrN2O2S2/c15-11-5-4-8(20-11)6-7-16-14-17-12-9(13(18)19)2-1-3-10(12)21-14/h4-5,9H,1-3,6-7H2,(H,16,17)(H,18,19). The lowest BCUT2D eigenvalue weighted by molar-refractivity contribution is -0.139. The zero-order valence-corrected chi connectivity index (χ0v) is 14.5. The van der Waals surface area contributed by atoms with Crippen molar-refractivity contribution in [1.29, 1.82) is 0 Å². The fourth-order valence-corrected chi connectivity index (χ4v) is 5.09. The van der Waals surface area contributed by atoms with Crippen LogP contribution in [0.2, 0.25) is 0 Å². The normalized spacial score (nSPS) is 17.5. The molecule has 0 fully saturated rings. The van der Waals surface area contributed by atoms with E-state index in [4.69, 9.17) is 0 Å². The Hall–Kier alpha value is -0.920. The molecule has 3 rings (SSSR count). The van der Waals surface area contributed by atoms with Crippen molar-refractivity contribution in [3.63, 3.8) is 0 Å². The monoisotopic (exact) mass is 386 g/mol. The summed E-state index contributed by atoms with van der Waals surface area (Å²) in [5.41, 5.74) is 0.778. The number of thiazole rings is 1. The molecular weight excluding hydrogens is 372 g/mol. The second-order valence-electron chi connectivity index (χ2n) is 4.99. The minimum atomic E-state index is -0.753. The quantitative estimate of drug-likeness (QED) is 0.810. The smallest absolute Gasteiger partial charge is 0.312 e. The second-order valence-corrected chi connectivity index (χ2v) is 8.62. The number of carbonyl (C=O) groups is 1. The van der Waals surface area contributed by atoms with E-state index in [2.05, 4.69) is 38.4 Å². The number of fused-ring (bicyclic) bond motifs is 1. The molecule has 1 atom stereocenters. The van der Waals surface area contributed by atoms with E-state index in [-0.39, 0.29) is 0 Å². The molecule has 2 aromatic rings. The Morgan fingerprint density at radius 1 is 1.48 bits per heavy atom. The average molecular weight is 387 g/mol. The summed E-state index contributed by atoms with van der Waals surface area (Å²) in [6, 6.07) is 4.17. The van der Waals surface area contributed by atoms with Crippen LogP contribution in [-0.2, 0) is 17.6 Å². The van der Waals surface area contributed by atoms with Crippen LogP contribution in [0.5, 0.6) is 0 Å². The number of carboxylic acids is 1. The van der Waals surface area contributed by atoms with Gasteiger partial charge in [-0.3, -0.25) is 4.79 Å². The van der Waals surface area contributed by atoms with E-state index in [1.54, 1.807) is 22.7 Å². The molecule has 7 heteroatoms. The van der Waals surface area contributed by atoms with Crippen LogP contribution >= 0.6 is 38.6 Å². The molecule has 112 valence electrons. The maximum Gasteiger partial charge on any atom is 0.312 e. The largest absolute Gasteiger partial charge is 0.481 e. The molecule has 0 spiro atoms. The van der Waals surface area contributed by atoms with E-state index in [1.165, 1.54) is 4.88 Å². The minimum absolute atomic E-state index is 0.422. The van der Waals surface area contributed by atoms with Crippen LogP contribution < -0.4 is 5.32 Å². The number of aliphatic carboxylic acids is 1. The van der Waals surface area contributed by atoms with Crippen molar-refractivity contribution < 1.29 is 9.90 Å². The van der Waals surface area contributed by atoms with Crippen LogP contribution in [0, 0.1) is 0 Å². The maximum absolute atomic E-state index is 11.3. The van der Waals surface area contributed by atoms with Gasteiger partial charge < -0.3 is 10.4 Å². The Balaban J connectivity index is 1.63. The van der Waals surface area contributed by atoms with Gasteiger partial charge in [-0.15, -0.1) is 22.7 Å². The Labute approximate surface area is 139 Å². The molecule has 1 aliphatic carbocycles. The molecule has 0 radical (unpaired) electrons. The van der Waals surface area contributed by atoms with Crippen molar-refractivity contribution in [3.05, 3.63) is 31.4 Å². The number of hydrogen-bond donors (Lipinski definition) is 2. The van der Waals surface area contributed by atoms with Gasteiger partial charge in [0.1, 0.15) is 5.92 Å². The van der Waals surface area contributed by atoms with Gasteiger partial charge in [0.25, 0.3) is 0 Å². The number of nitrogens with zero attached hydrogens (tertiary/aromatic N) is 1. The number of halogens is 1. The highest BCUT2D eigenvalue weighted by Crippen LogP contribution is 2.36. The average Bonchev–Trinajstić information content (AvgIpc) is 3.04. The van der Waals surface area contributed by atoms with Crippen molar-refractivity contribution in [1.82, 2.24) is 4.98 Å². The molecule has 0 aromatic carbocycles. The van der Waals surface area contributed by atoms with Crippen LogP contribution in [0.25, 0.3) is 0 Å². The summed E-state index contributed by atoms with van der Waals surface area (Å²) in [6.07, 6.45) is 3.54. The first-order valence-corrected chi connectivity index (χ1v) is 9.26. The molecule has 4 nitrogen and oxygen atoms in total. The summed E-state index contributed by atoms with van der Waals surface area (Å²) in [4.78, 5) is 18.2. The molecular formula is C14H15BrN2O2S2. The third-order valence-electron chi connectivity index (χ3n) is 3.53. The lowest BCUT2D eigenvalue weighted by Gasteiger charge is -2.16. The third-order valence-corrected chi connectivity index (χ3v) is 6.30. The third kappa shape index (κ3) is 3.46. The predicted molar refractivity (Wildman–Crippen MR) is 89.6 cm³/mol. The van der Waals surface area contributed by atoms with E-state index >= 15 is 0 Å². The molecule has 1 unspecified atom stereocenters. The van der Waals surface area contributed by atoms with Crippen molar-refractivity contribution in [3.8, 4) is 0 Å². The first kappa shape index (κ1) is 15.0. The number of carboxylic acid groups (broad SMARTS) is 1. The summed E-state index contributed by atoms with van der Waals surface area (Å²) >= 11 is 6.80. The molecule has 0 amide bonds. The van der Waals surface area contributed by atoms with E-state index in [9.17, 15) is 9.90 Å². The van der Waals surface area contributed by atoms with Crippen LogP contribution in [-0.4, -0.2) is 22.6 Å². The van der Waals surface area contributed by atoms with Crippen LogP contribution in [0.15, 0.2) is 15.9 Å². The van der Waals surface area contributed by atoms with E-state index in [1.807, 2.05) is 0 Å². The summed E-state index contributed by atoms with van der Waals surface area (Å²) in [5, 5.41) is 13.4. The van der Waals surface area contributed by atoms with Crippen molar-refractivity contribution in [2.75, 3.05) is 11.9 Å². The van der Waals surface area contributed by atoms with Crippen LogP contribution in [0.3, 0.4) is 0 Å². The molecule has 0 saturated carbocycles. The lowest BCUT2D eigenvalue weighted by Crippen LogP contribution is -2.17. The highest BCUT2D eigenvalue weighted by molar-refractivity contribution is 9.11. The van der Waals surface area contributed by atoms with E-state index in [0.717, 1.165) is 45.3 Å². The zero-order valence-electron chi connectivity index (χ0n) is 11.3. The van der Waals surface area contributed by atoms with Gasteiger partial charge in [0, 0.05) is 16.3 Å². The van der Waals surface area contributed by atoms with Gasteiger partial charge in [0.15, 0.2) is 5.13 Å². The van der Waals surface area contributed by atoms with Gasteiger partial charge in [-0.1, -0.05) is 0 Å². The van der Waals surface area contributed by atoms with Gasteiger partial charge in [0.2, 0.25) is 0 Å². The van der Waals surface area contributed by atoms with Gasteiger partial charge in [-0.05, 0) is 53.7 Å². The zero-order chi connectivity index (χ0) is 14.8. The molecule has 0 bridgehead atoms. The Kier molecular flexibility index (Phi) is 4.61. The number of aromatic nitrogens is 1. The molecule has 2 N–H and O–H groups in total. The summed E-state index contributed by atoms with van der Waals surface area (Å²) < 4.78 is 1.14. The van der Waals surface area contributed by atoms with Crippen molar-refractivity contribution in [2.24, 2.45) is 0 Å². The fraction of sp³-hybridized carbons (Fsp3) is 0.429. The molecule has 2 heterocycles. The lowest BCUT2D eigenvalue weighted by atomic mass is 9.91. The van der Waals surface area contributed by atoms with Gasteiger partial charge in [-0.2, -0.15) is 0 Å². The van der Waals surface area contributed by atoms with Crippen molar-refractivity contribution in [2.45, 2.75) is 31.6 Å². The maximum atomic E-state index is 11.3. The topological polar surface area (TPSA) is 62.2 Å². The Morgan fingerprint density at radius 3 is 3.05 bits per heavy atom. The minimum Gasteiger partial charge on any atom is -0.481 e. The number of aryl methyl sites for hydroxylation is 1. The van der Waals surface area contributed by atoms with Gasteiger partial charge in [0.05, 0.1) is 9.48 Å². The van der Waals surface area contributed by atoms with Crippen LogP contribution in [0.4, 0.5) is 5.13 Å². The Morgan fingerprint density at radius 2 is 2.33 bits per heavy atom. The number of anilines is 1. The summed E-state index contributed by atoms with van der Waals surface area (Å²) in [6.45, 7) is 0.817. The summed E-state index contributed by atoms with van der Waals surface area (Å²) in [7, 11) is 0. The first-order valence-electron chi connectivity index (χ1n) is 6.84. The highest BCUT2D eigenvalue weighted by Gasteiger charge is 2.29. The number of rotatable bonds is 5. The van der Waals surface area contributed by atoms with E-state index in [0.29, 0.717) is 6.42 Å². The summed E-state index contributed by atoms with van der Waals surface area (Å²) in [5.74, 6) is -1.18. The number of nitrogens with one attached hydrogen (secondary N) is 1. The van der Waals surface area contributed by atoms with Gasteiger partial charge in [-0.25, -0.2) is 4.98 Å². The molecule has 21 heavy (non-hydrogen) atoms. The number of thiophene rings is 1. The molecule has 0 aliphatic heterocycles. The fourth-order valence-electron chi connectivity index (χ4n) is 2.51. The Bertz CT molecular complexity index is 653.